The topological polar surface area (TPSA) is 47.6 Å². The number of nitrogens with one attached hydrogen (secondary N) is 1. The van der Waals surface area contributed by atoms with Gasteiger partial charge in [-0.3, -0.25) is 15.1 Å². The highest BCUT2D eigenvalue weighted by atomic mass is 16.6. The third-order valence-electron chi connectivity index (χ3n) is 2.63. The molecule has 1 rings (SSSR count). The standard InChI is InChI=1S/C11H17NO3/c1-5-6-15-12-7-8-9(10(13)14-4)11(8,2)3/h5,7,9,12H,1,6H2,2-4H3. The Morgan fingerprint density at radius 3 is 2.87 bits per heavy atom. The third kappa shape index (κ3) is 2.39. The molecule has 0 radical (unpaired) electrons. The molecule has 0 spiro atoms. The van der Waals surface area contributed by atoms with Gasteiger partial charge in [0.05, 0.1) is 19.6 Å². The number of carbonyl (C=O) groups is 1. The van der Waals surface area contributed by atoms with Crippen LogP contribution in [-0.2, 0) is 14.4 Å². The first-order valence-corrected chi connectivity index (χ1v) is 4.82. The van der Waals surface area contributed by atoms with Crippen LogP contribution in [0, 0.1) is 11.3 Å². The molecule has 4 nitrogen and oxygen atoms in total. The fourth-order valence-electron chi connectivity index (χ4n) is 1.60. The van der Waals surface area contributed by atoms with Crippen molar-refractivity contribution in [3.05, 3.63) is 24.4 Å². The van der Waals surface area contributed by atoms with E-state index >= 15 is 0 Å². The average Bonchev–Trinajstić information content (AvgIpc) is 2.74. The van der Waals surface area contributed by atoms with Gasteiger partial charge in [-0.1, -0.05) is 19.9 Å². The van der Waals surface area contributed by atoms with Crippen molar-refractivity contribution in [2.45, 2.75) is 13.8 Å². The fraction of sp³-hybridized carbons (Fsp3) is 0.545. The van der Waals surface area contributed by atoms with Crippen LogP contribution in [0.25, 0.3) is 0 Å². The van der Waals surface area contributed by atoms with Crippen molar-refractivity contribution in [1.29, 1.82) is 0 Å². The highest BCUT2D eigenvalue weighted by Crippen LogP contribution is 2.57. The van der Waals surface area contributed by atoms with Crippen LogP contribution in [0.2, 0.25) is 0 Å². The molecule has 1 aliphatic carbocycles. The molecule has 1 atom stereocenters. The van der Waals surface area contributed by atoms with Gasteiger partial charge in [0.15, 0.2) is 0 Å². The summed E-state index contributed by atoms with van der Waals surface area (Å²) in [5, 5.41) is 0. The van der Waals surface area contributed by atoms with Crippen molar-refractivity contribution in [1.82, 2.24) is 5.48 Å². The third-order valence-corrected chi connectivity index (χ3v) is 2.63. The van der Waals surface area contributed by atoms with Gasteiger partial charge in [0.2, 0.25) is 0 Å². The van der Waals surface area contributed by atoms with Crippen LogP contribution in [0.5, 0.6) is 0 Å². The van der Waals surface area contributed by atoms with Crippen molar-refractivity contribution in [2.75, 3.05) is 13.7 Å². The van der Waals surface area contributed by atoms with E-state index in [0.29, 0.717) is 6.61 Å². The number of carbonyl (C=O) groups excluding carboxylic acids is 1. The highest BCUT2D eigenvalue weighted by Gasteiger charge is 2.57. The van der Waals surface area contributed by atoms with Gasteiger partial charge in [0, 0.05) is 11.6 Å². The number of esters is 1. The first-order valence-electron chi connectivity index (χ1n) is 4.82. The van der Waals surface area contributed by atoms with Crippen LogP contribution in [0.15, 0.2) is 24.4 Å². The summed E-state index contributed by atoms with van der Waals surface area (Å²) in [6.07, 6.45) is 3.35. The molecule has 0 amide bonds. The zero-order chi connectivity index (χ0) is 11.5. The van der Waals surface area contributed by atoms with E-state index in [-0.39, 0.29) is 17.3 Å². The zero-order valence-corrected chi connectivity index (χ0v) is 9.37. The number of ether oxygens (including phenoxy) is 1. The molecule has 15 heavy (non-hydrogen) atoms. The van der Waals surface area contributed by atoms with E-state index in [2.05, 4.69) is 12.1 Å². The maximum Gasteiger partial charge on any atom is 0.313 e. The highest BCUT2D eigenvalue weighted by molar-refractivity contribution is 5.83. The average molecular weight is 211 g/mol. The molecule has 0 aromatic heterocycles. The number of hydrogen-bond acceptors (Lipinski definition) is 4. The molecule has 84 valence electrons. The van der Waals surface area contributed by atoms with Gasteiger partial charge in [-0.15, -0.1) is 6.58 Å². The van der Waals surface area contributed by atoms with Crippen molar-refractivity contribution < 1.29 is 14.4 Å². The Bertz CT molecular complexity index is 294. The summed E-state index contributed by atoms with van der Waals surface area (Å²) in [6, 6.07) is 0. The monoisotopic (exact) mass is 211 g/mol. The molecule has 1 saturated carbocycles. The summed E-state index contributed by atoms with van der Waals surface area (Å²) in [6.45, 7) is 7.93. The molecule has 4 heteroatoms. The first-order chi connectivity index (χ1) is 7.05. The second-order valence-electron chi connectivity index (χ2n) is 4.00. The first kappa shape index (κ1) is 11.8. The van der Waals surface area contributed by atoms with E-state index in [1.165, 1.54) is 7.11 Å². The zero-order valence-electron chi connectivity index (χ0n) is 9.37. The number of hydroxylamine groups is 1. The Labute approximate surface area is 89.9 Å². The summed E-state index contributed by atoms with van der Waals surface area (Å²) in [4.78, 5) is 16.3. The molecule has 0 aliphatic heterocycles. The smallest absolute Gasteiger partial charge is 0.313 e. The van der Waals surface area contributed by atoms with E-state index in [4.69, 9.17) is 9.57 Å². The second kappa shape index (κ2) is 4.49. The van der Waals surface area contributed by atoms with Crippen LogP contribution < -0.4 is 5.48 Å². The van der Waals surface area contributed by atoms with Gasteiger partial charge < -0.3 is 4.74 Å². The number of hydrogen-bond donors (Lipinski definition) is 1. The molecule has 0 aromatic carbocycles. The maximum atomic E-state index is 11.3. The molecule has 1 N–H and O–H groups in total. The van der Waals surface area contributed by atoms with Crippen molar-refractivity contribution in [3.8, 4) is 0 Å². The lowest BCUT2D eigenvalue weighted by Crippen LogP contribution is -2.07. The Morgan fingerprint density at radius 2 is 2.33 bits per heavy atom. The van der Waals surface area contributed by atoms with Gasteiger partial charge in [-0.25, -0.2) is 0 Å². The molecule has 0 saturated heterocycles. The number of methoxy groups -OCH3 is 1. The molecule has 1 unspecified atom stereocenters. The Morgan fingerprint density at radius 1 is 1.67 bits per heavy atom. The lowest BCUT2D eigenvalue weighted by molar-refractivity contribution is -0.142. The van der Waals surface area contributed by atoms with E-state index in [1.54, 1.807) is 12.3 Å². The van der Waals surface area contributed by atoms with Crippen LogP contribution >= 0.6 is 0 Å². The van der Waals surface area contributed by atoms with Gasteiger partial charge in [-0.2, -0.15) is 0 Å². The fourth-order valence-corrected chi connectivity index (χ4v) is 1.60. The molecule has 1 fully saturated rings. The maximum absolute atomic E-state index is 11.3. The van der Waals surface area contributed by atoms with E-state index in [1.807, 2.05) is 13.8 Å². The summed E-state index contributed by atoms with van der Waals surface area (Å²) >= 11 is 0. The summed E-state index contributed by atoms with van der Waals surface area (Å²) < 4.78 is 4.70. The predicted octanol–water partition coefficient (Wildman–Crippen LogP) is 1.41. The van der Waals surface area contributed by atoms with Crippen LogP contribution in [-0.4, -0.2) is 19.7 Å². The lowest BCUT2D eigenvalue weighted by atomic mass is 10.1. The Hall–Kier alpha value is -1.29. The minimum absolute atomic E-state index is 0.127. The normalized spacial score (nSPS) is 24.7. The van der Waals surface area contributed by atoms with Crippen LogP contribution in [0.3, 0.4) is 0 Å². The SMILES string of the molecule is C=CCONC=C1C(C(=O)OC)C1(C)C. The molecule has 0 aromatic rings. The summed E-state index contributed by atoms with van der Waals surface area (Å²) in [5.74, 6) is -0.348. The summed E-state index contributed by atoms with van der Waals surface area (Å²) in [7, 11) is 1.40. The quantitative estimate of drug-likeness (QED) is 0.323. The largest absolute Gasteiger partial charge is 0.469 e. The van der Waals surface area contributed by atoms with Gasteiger partial charge in [-0.05, 0) is 5.57 Å². The second-order valence-corrected chi connectivity index (χ2v) is 4.00. The minimum Gasteiger partial charge on any atom is -0.469 e. The van der Waals surface area contributed by atoms with Crippen molar-refractivity contribution >= 4 is 5.97 Å². The molecule has 0 bridgehead atoms. The number of rotatable bonds is 5. The van der Waals surface area contributed by atoms with Gasteiger partial charge >= 0.3 is 5.97 Å². The summed E-state index contributed by atoms with van der Waals surface area (Å²) in [5.41, 5.74) is 3.54. The minimum atomic E-state index is -0.197. The Kier molecular flexibility index (Phi) is 3.52. The van der Waals surface area contributed by atoms with Crippen LogP contribution in [0.4, 0.5) is 0 Å². The molecular weight excluding hydrogens is 194 g/mol. The molecule has 0 heterocycles. The predicted molar refractivity (Wildman–Crippen MR) is 56.7 cm³/mol. The van der Waals surface area contributed by atoms with Crippen molar-refractivity contribution in [2.24, 2.45) is 11.3 Å². The Balaban J connectivity index is 2.50. The van der Waals surface area contributed by atoms with E-state index in [0.717, 1.165) is 5.57 Å². The van der Waals surface area contributed by atoms with Crippen molar-refractivity contribution in [3.63, 3.8) is 0 Å². The van der Waals surface area contributed by atoms with E-state index in [9.17, 15) is 4.79 Å². The molecular formula is C11H17NO3. The molecule has 1 aliphatic rings. The lowest BCUT2D eigenvalue weighted by Gasteiger charge is -1.98. The van der Waals surface area contributed by atoms with Crippen LogP contribution in [0.1, 0.15) is 13.8 Å². The van der Waals surface area contributed by atoms with Gasteiger partial charge in [0.1, 0.15) is 0 Å². The van der Waals surface area contributed by atoms with E-state index < -0.39 is 0 Å². The van der Waals surface area contributed by atoms with Gasteiger partial charge in [0.25, 0.3) is 0 Å².